The summed E-state index contributed by atoms with van der Waals surface area (Å²) in [6.07, 6.45) is -4.58. The Balaban J connectivity index is 2.05. The molecule has 0 saturated heterocycles. The second-order valence-electron chi connectivity index (χ2n) is 4.68. The number of hydrogen-bond donors (Lipinski definition) is 1. The molecule has 0 spiro atoms. The fourth-order valence-electron chi connectivity index (χ4n) is 1.81. The molecule has 0 bridgehead atoms. The number of aryl methyl sites for hydroxylation is 1. The van der Waals surface area contributed by atoms with Crippen molar-refractivity contribution in [3.63, 3.8) is 0 Å². The SMILES string of the molecule is Cc1cc(C(F)(F)F)nn1CC(=O)Nc1ccc([N+](=O)[O-])cc1. The minimum atomic E-state index is -4.58. The van der Waals surface area contributed by atoms with Crippen molar-refractivity contribution >= 4 is 17.3 Å². The molecule has 122 valence electrons. The Labute approximate surface area is 127 Å². The fourth-order valence-corrected chi connectivity index (χ4v) is 1.81. The van der Waals surface area contributed by atoms with Gasteiger partial charge in [-0.15, -0.1) is 0 Å². The van der Waals surface area contributed by atoms with E-state index in [4.69, 9.17) is 0 Å². The number of amides is 1. The van der Waals surface area contributed by atoms with E-state index in [9.17, 15) is 28.1 Å². The van der Waals surface area contributed by atoms with Crippen LogP contribution in [-0.2, 0) is 17.5 Å². The summed E-state index contributed by atoms with van der Waals surface area (Å²) in [7, 11) is 0. The molecule has 7 nitrogen and oxygen atoms in total. The average Bonchev–Trinajstić information content (AvgIpc) is 2.80. The van der Waals surface area contributed by atoms with Crippen LogP contribution in [0.15, 0.2) is 30.3 Å². The second-order valence-corrected chi connectivity index (χ2v) is 4.68. The molecule has 1 N–H and O–H groups in total. The average molecular weight is 328 g/mol. The molecule has 0 atom stereocenters. The first-order chi connectivity index (χ1) is 10.7. The summed E-state index contributed by atoms with van der Waals surface area (Å²) in [5.41, 5.74) is -0.725. The van der Waals surface area contributed by atoms with Gasteiger partial charge in [0.2, 0.25) is 5.91 Å². The Morgan fingerprint density at radius 3 is 2.43 bits per heavy atom. The van der Waals surface area contributed by atoms with Crippen molar-refractivity contribution in [3.05, 3.63) is 51.8 Å². The first-order valence-corrected chi connectivity index (χ1v) is 6.33. The number of carbonyl (C=O) groups excluding carboxylic acids is 1. The van der Waals surface area contributed by atoms with Gasteiger partial charge in [-0.2, -0.15) is 18.3 Å². The Bertz CT molecular complexity index is 738. The number of nitrogens with zero attached hydrogens (tertiary/aromatic N) is 3. The number of carbonyl (C=O) groups is 1. The van der Waals surface area contributed by atoms with Gasteiger partial charge in [0, 0.05) is 23.5 Å². The first-order valence-electron chi connectivity index (χ1n) is 6.33. The lowest BCUT2D eigenvalue weighted by atomic mass is 10.3. The van der Waals surface area contributed by atoms with Crippen LogP contribution in [0.3, 0.4) is 0 Å². The number of aromatic nitrogens is 2. The van der Waals surface area contributed by atoms with E-state index in [0.29, 0.717) is 5.69 Å². The van der Waals surface area contributed by atoms with Crippen LogP contribution >= 0.6 is 0 Å². The van der Waals surface area contributed by atoms with Crippen molar-refractivity contribution in [1.82, 2.24) is 9.78 Å². The Morgan fingerprint density at radius 1 is 1.35 bits per heavy atom. The molecule has 0 aliphatic rings. The van der Waals surface area contributed by atoms with Gasteiger partial charge in [0.05, 0.1) is 4.92 Å². The van der Waals surface area contributed by atoms with Gasteiger partial charge in [-0.05, 0) is 25.1 Å². The molecule has 2 rings (SSSR count). The number of alkyl halides is 3. The highest BCUT2D eigenvalue weighted by Crippen LogP contribution is 2.28. The van der Waals surface area contributed by atoms with Crippen LogP contribution in [0, 0.1) is 17.0 Å². The molecule has 1 aromatic heterocycles. The predicted molar refractivity (Wildman–Crippen MR) is 73.7 cm³/mol. The maximum Gasteiger partial charge on any atom is 0.435 e. The number of nitrogens with one attached hydrogen (secondary N) is 1. The number of non-ortho nitro benzene ring substituents is 1. The van der Waals surface area contributed by atoms with Crippen LogP contribution in [0.5, 0.6) is 0 Å². The quantitative estimate of drug-likeness (QED) is 0.690. The number of benzene rings is 1. The van der Waals surface area contributed by atoms with Crippen molar-refractivity contribution in [3.8, 4) is 0 Å². The molecule has 10 heteroatoms. The standard InChI is InChI=1S/C13H11F3N4O3/c1-8-6-11(13(14,15)16)18-19(8)7-12(21)17-9-2-4-10(5-3-9)20(22)23/h2-6H,7H2,1H3,(H,17,21). The summed E-state index contributed by atoms with van der Waals surface area (Å²) in [5, 5.41) is 16.3. The molecule has 1 heterocycles. The third-order valence-electron chi connectivity index (χ3n) is 2.93. The number of nitro groups is 1. The van der Waals surface area contributed by atoms with Crippen LogP contribution in [0.1, 0.15) is 11.4 Å². The van der Waals surface area contributed by atoms with Crippen LogP contribution in [0.25, 0.3) is 0 Å². The Hall–Kier alpha value is -2.91. The summed E-state index contributed by atoms with van der Waals surface area (Å²) < 4.78 is 38.5. The maximum atomic E-state index is 12.5. The van der Waals surface area contributed by atoms with Gasteiger partial charge < -0.3 is 5.32 Å². The fraction of sp³-hybridized carbons (Fsp3) is 0.231. The number of nitro benzene ring substituents is 1. The highest BCUT2D eigenvalue weighted by Gasteiger charge is 2.34. The molecule has 0 fully saturated rings. The molecule has 23 heavy (non-hydrogen) atoms. The number of rotatable bonds is 4. The minimum absolute atomic E-state index is 0.138. The summed E-state index contributed by atoms with van der Waals surface area (Å²) in [4.78, 5) is 21.7. The highest BCUT2D eigenvalue weighted by atomic mass is 19.4. The molecule has 0 radical (unpaired) electrons. The van der Waals surface area contributed by atoms with E-state index in [1.165, 1.54) is 31.2 Å². The zero-order valence-corrected chi connectivity index (χ0v) is 11.8. The van der Waals surface area contributed by atoms with Gasteiger partial charge in [-0.1, -0.05) is 0 Å². The van der Waals surface area contributed by atoms with Crippen molar-refractivity contribution in [1.29, 1.82) is 0 Å². The summed E-state index contributed by atoms with van der Waals surface area (Å²) in [6.45, 7) is 1.00. The smallest absolute Gasteiger partial charge is 0.324 e. The van der Waals surface area contributed by atoms with E-state index in [2.05, 4.69) is 10.4 Å². The Kier molecular flexibility index (Phi) is 4.34. The van der Waals surface area contributed by atoms with Crippen LogP contribution in [0.2, 0.25) is 0 Å². The van der Waals surface area contributed by atoms with E-state index < -0.39 is 29.2 Å². The lowest BCUT2D eigenvalue weighted by Crippen LogP contribution is -2.20. The predicted octanol–water partition coefficient (Wildman–Crippen LogP) is 2.76. The molecule has 1 aromatic carbocycles. The van der Waals surface area contributed by atoms with Crippen LogP contribution in [0.4, 0.5) is 24.5 Å². The molecule has 0 unspecified atom stereocenters. The van der Waals surface area contributed by atoms with Crippen molar-refractivity contribution in [2.45, 2.75) is 19.6 Å². The Morgan fingerprint density at radius 2 is 1.96 bits per heavy atom. The maximum absolute atomic E-state index is 12.5. The molecule has 0 aliphatic carbocycles. The molecule has 1 amide bonds. The monoisotopic (exact) mass is 328 g/mol. The van der Waals surface area contributed by atoms with E-state index in [1.807, 2.05) is 0 Å². The normalized spacial score (nSPS) is 11.3. The van der Waals surface area contributed by atoms with Crippen molar-refractivity contribution in [2.75, 3.05) is 5.32 Å². The van der Waals surface area contributed by atoms with Crippen LogP contribution < -0.4 is 5.32 Å². The zero-order chi connectivity index (χ0) is 17.2. The molecular formula is C13H11F3N4O3. The van der Waals surface area contributed by atoms with Crippen molar-refractivity contribution in [2.24, 2.45) is 0 Å². The number of halogens is 3. The van der Waals surface area contributed by atoms with E-state index in [0.717, 1.165) is 10.7 Å². The first kappa shape index (κ1) is 16.5. The molecule has 0 aliphatic heterocycles. The largest absolute Gasteiger partial charge is 0.435 e. The third kappa shape index (κ3) is 4.05. The second kappa shape index (κ2) is 6.07. The topological polar surface area (TPSA) is 90.1 Å². The molecule has 2 aromatic rings. The third-order valence-corrected chi connectivity index (χ3v) is 2.93. The summed E-state index contributed by atoms with van der Waals surface area (Å²) in [5.74, 6) is -0.598. The molecular weight excluding hydrogens is 317 g/mol. The molecule has 0 saturated carbocycles. The van der Waals surface area contributed by atoms with Gasteiger partial charge in [0.25, 0.3) is 5.69 Å². The zero-order valence-electron chi connectivity index (χ0n) is 11.8. The van der Waals surface area contributed by atoms with E-state index in [1.54, 1.807) is 0 Å². The van der Waals surface area contributed by atoms with Gasteiger partial charge >= 0.3 is 6.18 Å². The van der Waals surface area contributed by atoms with Gasteiger partial charge in [0.1, 0.15) is 6.54 Å². The van der Waals surface area contributed by atoms with E-state index in [-0.39, 0.29) is 11.4 Å². The highest BCUT2D eigenvalue weighted by molar-refractivity contribution is 5.90. The number of anilines is 1. The van der Waals surface area contributed by atoms with Gasteiger partial charge in [-0.25, -0.2) is 0 Å². The van der Waals surface area contributed by atoms with Crippen molar-refractivity contribution < 1.29 is 22.9 Å². The minimum Gasteiger partial charge on any atom is -0.324 e. The summed E-state index contributed by atoms with van der Waals surface area (Å²) in [6, 6.07) is 5.91. The summed E-state index contributed by atoms with van der Waals surface area (Å²) >= 11 is 0. The van der Waals surface area contributed by atoms with Gasteiger partial charge in [-0.3, -0.25) is 19.6 Å². The lowest BCUT2D eigenvalue weighted by molar-refractivity contribution is -0.384. The van der Waals surface area contributed by atoms with Gasteiger partial charge in [0.15, 0.2) is 5.69 Å². The van der Waals surface area contributed by atoms with Crippen LogP contribution in [-0.4, -0.2) is 20.6 Å². The number of hydrogen-bond acceptors (Lipinski definition) is 4. The van der Waals surface area contributed by atoms with E-state index >= 15 is 0 Å². The lowest BCUT2D eigenvalue weighted by Gasteiger charge is -2.07.